The van der Waals surface area contributed by atoms with Crippen molar-refractivity contribution in [3.05, 3.63) is 11.6 Å². The average Bonchev–Trinajstić information content (AvgIpc) is 3.18. The fourth-order valence-electron chi connectivity index (χ4n) is 2.23. The summed E-state index contributed by atoms with van der Waals surface area (Å²) in [6, 6.07) is 0.384. The van der Waals surface area contributed by atoms with E-state index >= 15 is 0 Å². The fourth-order valence-corrected chi connectivity index (χ4v) is 3.52. The highest BCUT2D eigenvalue weighted by Gasteiger charge is 2.22. The molecule has 1 aliphatic carbocycles. The van der Waals surface area contributed by atoms with Gasteiger partial charge in [0.15, 0.2) is 5.13 Å². The maximum absolute atomic E-state index is 11.8. The summed E-state index contributed by atoms with van der Waals surface area (Å²) in [6.45, 7) is 0. The molecule has 106 valence electrons. The van der Waals surface area contributed by atoms with Crippen LogP contribution in [0.5, 0.6) is 0 Å². The van der Waals surface area contributed by atoms with Crippen LogP contribution in [0, 0.1) is 0 Å². The predicted molar refractivity (Wildman–Crippen MR) is 76.8 cm³/mol. The monoisotopic (exact) mass is 310 g/mol. The molecule has 1 aliphatic rings. The van der Waals surface area contributed by atoms with Crippen molar-refractivity contribution in [1.29, 1.82) is 0 Å². The van der Waals surface area contributed by atoms with Crippen LogP contribution in [0.2, 0.25) is 0 Å². The van der Waals surface area contributed by atoms with Gasteiger partial charge in [0.05, 0.1) is 11.8 Å². The molecule has 0 unspecified atom stereocenters. The van der Waals surface area contributed by atoms with Gasteiger partial charge >= 0.3 is 0 Å². The Morgan fingerprint density at radius 3 is 3.10 bits per heavy atom. The van der Waals surface area contributed by atoms with E-state index in [1.165, 1.54) is 35.9 Å². The molecule has 0 radical (unpaired) electrons. The summed E-state index contributed by atoms with van der Waals surface area (Å²) >= 11 is 2.76. The molecule has 9 heteroatoms. The largest absolute Gasteiger partial charge is 0.301 e. The Labute approximate surface area is 124 Å². The number of hydrogen-bond donors (Lipinski definition) is 1. The van der Waals surface area contributed by atoms with Crippen LogP contribution in [-0.4, -0.2) is 36.9 Å². The number of thiazole rings is 1. The van der Waals surface area contributed by atoms with E-state index in [4.69, 9.17) is 0 Å². The first-order valence-electron chi connectivity index (χ1n) is 6.43. The summed E-state index contributed by atoms with van der Waals surface area (Å²) in [7, 11) is 0. The molecule has 0 saturated heterocycles. The lowest BCUT2D eigenvalue weighted by atomic mass is 10.3. The number of hydrogen-bond acceptors (Lipinski definition) is 7. The lowest BCUT2D eigenvalue weighted by Gasteiger charge is -2.10. The molecule has 3 rings (SSSR count). The predicted octanol–water partition coefficient (Wildman–Crippen LogP) is 1.98. The van der Waals surface area contributed by atoms with Gasteiger partial charge in [-0.3, -0.25) is 4.79 Å². The fraction of sp³-hybridized carbons (Fsp3) is 0.545. The van der Waals surface area contributed by atoms with E-state index < -0.39 is 0 Å². The van der Waals surface area contributed by atoms with Gasteiger partial charge in [-0.05, 0) is 23.3 Å². The molecule has 1 fully saturated rings. The SMILES string of the molecule is O=C(CSc1nnnn1C1CCCC1)Nc1nccs1. The van der Waals surface area contributed by atoms with Crippen LogP contribution in [0.15, 0.2) is 16.7 Å². The van der Waals surface area contributed by atoms with Crippen molar-refractivity contribution >= 4 is 34.1 Å². The molecule has 0 spiro atoms. The van der Waals surface area contributed by atoms with Gasteiger partial charge in [0.1, 0.15) is 0 Å². The van der Waals surface area contributed by atoms with Crippen molar-refractivity contribution in [3.63, 3.8) is 0 Å². The Morgan fingerprint density at radius 1 is 1.50 bits per heavy atom. The minimum Gasteiger partial charge on any atom is -0.301 e. The molecule has 0 aliphatic heterocycles. The molecular formula is C11H14N6OS2. The number of aromatic nitrogens is 5. The first-order chi connectivity index (χ1) is 9.83. The summed E-state index contributed by atoms with van der Waals surface area (Å²) in [6.07, 6.45) is 6.33. The van der Waals surface area contributed by atoms with Crippen LogP contribution in [-0.2, 0) is 4.79 Å². The van der Waals surface area contributed by atoms with Crippen LogP contribution in [0.4, 0.5) is 5.13 Å². The Bertz CT molecular complexity index is 563. The molecule has 2 aromatic rings. The van der Waals surface area contributed by atoms with E-state index in [2.05, 4.69) is 25.8 Å². The van der Waals surface area contributed by atoms with Crippen molar-refractivity contribution in [2.24, 2.45) is 0 Å². The van der Waals surface area contributed by atoms with Gasteiger partial charge in [-0.2, -0.15) is 0 Å². The summed E-state index contributed by atoms with van der Waals surface area (Å²) in [5, 5.41) is 17.7. The maximum Gasteiger partial charge on any atom is 0.236 e. The number of nitrogens with zero attached hydrogens (tertiary/aromatic N) is 5. The smallest absolute Gasteiger partial charge is 0.236 e. The molecule has 7 nitrogen and oxygen atoms in total. The molecule has 2 aromatic heterocycles. The number of tetrazole rings is 1. The zero-order chi connectivity index (χ0) is 13.8. The highest BCUT2D eigenvalue weighted by molar-refractivity contribution is 7.99. The second-order valence-electron chi connectivity index (χ2n) is 4.52. The summed E-state index contributed by atoms with van der Waals surface area (Å²) < 4.78 is 1.86. The Hall–Kier alpha value is -1.48. The second kappa shape index (κ2) is 6.31. The normalized spacial score (nSPS) is 15.6. The standard InChI is InChI=1S/C11H14N6OS2/c18-9(13-10-12-5-6-19-10)7-20-11-14-15-16-17(11)8-3-1-2-4-8/h5-6,8H,1-4,7H2,(H,12,13,18). The van der Waals surface area contributed by atoms with E-state index in [1.807, 2.05) is 10.1 Å². The van der Waals surface area contributed by atoms with Crippen molar-refractivity contribution in [3.8, 4) is 0 Å². The van der Waals surface area contributed by atoms with Crippen molar-refractivity contribution in [1.82, 2.24) is 25.2 Å². The van der Waals surface area contributed by atoms with Gasteiger partial charge in [-0.15, -0.1) is 16.4 Å². The quantitative estimate of drug-likeness (QED) is 0.850. The van der Waals surface area contributed by atoms with Crippen LogP contribution >= 0.6 is 23.1 Å². The number of nitrogens with one attached hydrogen (secondary N) is 1. The molecule has 0 aromatic carbocycles. The third kappa shape index (κ3) is 3.15. The number of rotatable bonds is 5. The van der Waals surface area contributed by atoms with Crippen molar-refractivity contribution in [2.75, 3.05) is 11.1 Å². The maximum atomic E-state index is 11.8. The van der Waals surface area contributed by atoms with Gasteiger partial charge in [0.2, 0.25) is 11.1 Å². The molecule has 1 saturated carbocycles. The average molecular weight is 310 g/mol. The van der Waals surface area contributed by atoms with Crippen LogP contribution < -0.4 is 5.32 Å². The van der Waals surface area contributed by atoms with Gasteiger partial charge in [0, 0.05) is 11.6 Å². The third-order valence-electron chi connectivity index (χ3n) is 3.14. The molecule has 1 amide bonds. The first-order valence-corrected chi connectivity index (χ1v) is 8.29. The molecule has 20 heavy (non-hydrogen) atoms. The summed E-state index contributed by atoms with van der Waals surface area (Å²) in [4.78, 5) is 15.8. The van der Waals surface area contributed by atoms with Gasteiger partial charge < -0.3 is 5.32 Å². The number of carbonyl (C=O) groups is 1. The third-order valence-corrected chi connectivity index (χ3v) is 4.77. The van der Waals surface area contributed by atoms with E-state index in [0.29, 0.717) is 16.3 Å². The van der Waals surface area contributed by atoms with Crippen molar-refractivity contribution < 1.29 is 4.79 Å². The Morgan fingerprint density at radius 2 is 2.35 bits per heavy atom. The van der Waals surface area contributed by atoms with Gasteiger partial charge in [0.25, 0.3) is 0 Å². The van der Waals surface area contributed by atoms with E-state index in [-0.39, 0.29) is 11.7 Å². The zero-order valence-electron chi connectivity index (χ0n) is 10.7. The van der Waals surface area contributed by atoms with E-state index in [0.717, 1.165) is 12.8 Å². The lowest BCUT2D eigenvalue weighted by molar-refractivity contribution is -0.113. The first kappa shape index (κ1) is 13.5. The van der Waals surface area contributed by atoms with E-state index in [9.17, 15) is 4.79 Å². The lowest BCUT2D eigenvalue weighted by Crippen LogP contribution is -2.15. The zero-order valence-corrected chi connectivity index (χ0v) is 12.4. The number of anilines is 1. The summed E-state index contributed by atoms with van der Waals surface area (Å²) in [5.74, 6) is 0.193. The van der Waals surface area contributed by atoms with E-state index in [1.54, 1.807) is 6.20 Å². The van der Waals surface area contributed by atoms with Crippen LogP contribution in [0.25, 0.3) is 0 Å². The second-order valence-corrected chi connectivity index (χ2v) is 6.36. The van der Waals surface area contributed by atoms with Crippen LogP contribution in [0.3, 0.4) is 0 Å². The molecule has 0 atom stereocenters. The Kier molecular flexibility index (Phi) is 4.26. The number of thioether (sulfide) groups is 1. The number of carbonyl (C=O) groups excluding carboxylic acids is 1. The highest BCUT2D eigenvalue weighted by Crippen LogP contribution is 2.31. The molecule has 2 heterocycles. The molecule has 0 bridgehead atoms. The number of amides is 1. The minimum atomic E-state index is -0.0917. The summed E-state index contributed by atoms with van der Waals surface area (Å²) in [5.41, 5.74) is 0. The minimum absolute atomic E-state index is 0.0917. The topological polar surface area (TPSA) is 85.6 Å². The molecular weight excluding hydrogens is 296 g/mol. The van der Waals surface area contributed by atoms with Gasteiger partial charge in [-0.25, -0.2) is 9.67 Å². The van der Waals surface area contributed by atoms with Crippen molar-refractivity contribution in [2.45, 2.75) is 36.9 Å². The molecule has 1 N–H and O–H groups in total. The highest BCUT2D eigenvalue weighted by atomic mass is 32.2. The Balaban J connectivity index is 1.55. The van der Waals surface area contributed by atoms with Crippen LogP contribution in [0.1, 0.15) is 31.7 Å². The van der Waals surface area contributed by atoms with Gasteiger partial charge in [-0.1, -0.05) is 24.6 Å².